The lowest BCUT2D eigenvalue weighted by atomic mass is 10.1. The third-order valence-corrected chi connectivity index (χ3v) is 2.77. The van der Waals surface area contributed by atoms with E-state index >= 15 is 0 Å². The summed E-state index contributed by atoms with van der Waals surface area (Å²) < 4.78 is 1.47. The minimum absolute atomic E-state index is 0.380. The van der Waals surface area contributed by atoms with Crippen LogP contribution in [0.5, 0.6) is 0 Å². The zero-order valence-corrected chi connectivity index (χ0v) is 10.8. The lowest BCUT2D eigenvalue weighted by Crippen LogP contribution is -2.04. The quantitative estimate of drug-likeness (QED) is 0.714. The third-order valence-electron chi connectivity index (χ3n) is 2.58. The molecule has 2 heterocycles. The van der Waals surface area contributed by atoms with Crippen molar-refractivity contribution in [3.05, 3.63) is 47.2 Å². The second kappa shape index (κ2) is 4.74. The zero-order chi connectivity index (χ0) is 13.2. The fraction of sp³-hybridized carbons (Fsp3) is 0.0833. The predicted octanol–water partition coefficient (Wildman–Crippen LogP) is 2.08. The third kappa shape index (κ3) is 2.30. The number of tetrazole rings is 1. The number of halogens is 1. The lowest BCUT2D eigenvalue weighted by molar-refractivity contribution is 0.751. The first kappa shape index (κ1) is 11.7. The molecule has 0 amide bonds. The molecule has 0 radical (unpaired) electrons. The topological polar surface area (TPSA) is 69.4 Å². The molecule has 0 spiro atoms. The average Bonchev–Trinajstić information content (AvgIpc) is 2.90. The van der Waals surface area contributed by atoms with E-state index in [1.54, 1.807) is 0 Å². The Hall–Kier alpha value is -2.34. The Balaban J connectivity index is 2.07. The highest BCUT2D eigenvalue weighted by Gasteiger charge is 2.12. The van der Waals surface area contributed by atoms with E-state index in [1.807, 2.05) is 31.2 Å². The van der Waals surface area contributed by atoms with Crippen molar-refractivity contribution >= 4 is 11.6 Å². The summed E-state index contributed by atoms with van der Waals surface area (Å²) in [6, 6.07) is 7.90. The van der Waals surface area contributed by atoms with Crippen LogP contribution in [0.3, 0.4) is 0 Å². The first-order valence-corrected chi connectivity index (χ1v) is 5.95. The molecule has 3 aromatic rings. The zero-order valence-electron chi connectivity index (χ0n) is 10.0. The molecule has 0 aliphatic carbocycles. The summed E-state index contributed by atoms with van der Waals surface area (Å²) in [7, 11) is 0. The van der Waals surface area contributed by atoms with E-state index < -0.39 is 0 Å². The lowest BCUT2D eigenvalue weighted by Gasteiger charge is -2.03. The molecule has 0 saturated heterocycles. The highest BCUT2D eigenvalue weighted by molar-refractivity contribution is 6.30. The number of aryl methyl sites for hydroxylation is 1. The van der Waals surface area contributed by atoms with Gasteiger partial charge in [-0.15, -0.1) is 5.10 Å². The molecule has 6 nitrogen and oxygen atoms in total. The van der Waals surface area contributed by atoms with Gasteiger partial charge in [-0.3, -0.25) is 0 Å². The number of rotatable bonds is 2. The second-order valence-electron chi connectivity index (χ2n) is 3.98. The maximum Gasteiger partial charge on any atom is 0.254 e. The highest BCUT2D eigenvalue weighted by atomic mass is 35.5. The Morgan fingerprint density at radius 1 is 1.05 bits per heavy atom. The van der Waals surface area contributed by atoms with Crippen LogP contribution < -0.4 is 0 Å². The fourth-order valence-corrected chi connectivity index (χ4v) is 1.72. The van der Waals surface area contributed by atoms with E-state index in [2.05, 4.69) is 25.5 Å². The van der Waals surface area contributed by atoms with Crippen LogP contribution >= 0.6 is 11.6 Å². The minimum atomic E-state index is 0.380. The van der Waals surface area contributed by atoms with Crippen molar-refractivity contribution in [1.82, 2.24) is 30.2 Å². The molecule has 0 unspecified atom stereocenters. The standard InChI is InChI=1S/C12H9ClN6/c1-8-2-4-9(5-3-8)11-16-17-18-19(11)12-14-6-10(13)7-15-12/h2-7H,1H3. The number of aromatic nitrogens is 6. The largest absolute Gasteiger partial charge is 0.254 e. The van der Waals surface area contributed by atoms with Gasteiger partial charge in [-0.2, -0.15) is 4.68 Å². The van der Waals surface area contributed by atoms with Gasteiger partial charge in [0.15, 0.2) is 5.82 Å². The predicted molar refractivity (Wildman–Crippen MR) is 69.9 cm³/mol. The molecule has 3 rings (SSSR count). The summed E-state index contributed by atoms with van der Waals surface area (Å²) in [5, 5.41) is 12.0. The number of hydrogen-bond donors (Lipinski definition) is 0. The molecule has 19 heavy (non-hydrogen) atoms. The Morgan fingerprint density at radius 3 is 2.42 bits per heavy atom. The molecule has 0 fully saturated rings. The van der Waals surface area contributed by atoms with Gasteiger partial charge in [-0.1, -0.05) is 41.4 Å². The van der Waals surface area contributed by atoms with Crippen molar-refractivity contribution in [2.45, 2.75) is 6.92 Å². The van der Waals surface area contributed by atoms with Gasteiger partial charge < -0.3 is 0 Å². The molecule has 0 aliphatic rings. The van der Waals surface area contributed by atoms with Gasteiger partial charge in [0.05, 0.1) is 17.4 Å². The van der Waals surface area contributed by atoms with Crippen LogP contribution in [0.15, 0.2) is 36.7 Å². The second-order valence-corrected chi connectivity index (χ2v) is 4.42. The number of benzene rings is 1. The van der Waals surface area contributed by atoms with Crippen LogP contribution in [-0.4, -0.2) is 30.2 Å². The van der Waals surface area contributed by atoms with Crippen LogP contribution in [0, 0.1) is 6.92 Å². The van der Waals surface area contributed by atoms with E-state index in [-0.39, 0.29) is 0 Å². The van der Waals surface area contributed by atoms with Gasteiger partial charge in [0.25, 0.3) is 5.95 Å². The first-order valence-electron chi connectivity index (χ1n) is 5.57. The maximum atomic E-state index is 5.76. The molecule has 0 bridgehead atoms. The monoisotopic (exact) mass is 272 g/mol. The van der Waals surface area contributed by atoms with E-state index in [1.165, 1.54) is 22.6 Å². The Morgan fingerprint density at radius 2 is 1.74 bits per heavy atom. The van der Waals surface area contributed by atoms with Gasteiger partial charge >= 0.3 is 0 Å². The van der Waals surface area contributed by atoms with Gasteiger partial charge in [0, 0.05) is 5.56 Å². The summed E-state index contributed by atoms with van der Waals surface area (Å²) in [5.41, 5.74) is 2.07. The average molecular weight is 273 g/mol. The van der Waals surface area contributed by atoms with Crippen molar-refractivity contribution in [2.24, 2.45) is 0 Å². The summed E-state index contributed by atoms with van der Waals surface area (Å²) in [4.78, 5) is 8.20. The van der Waals surface area contributed by atoms with Crippen molar-refractivity contribution in [3.8, 4) is 17.3 Å². The molecule has 7 heteroatoms. The Bertz CT molecular complexity index is 629. The normalized spacial score (nSPS) is 10.6. The van der Waals surface area contributed by atoms with Crippen LogP contribution in [0.2, 0.25) is 5.02 Å². The number of nitrogens with zero attached hydrogens (tertiary/aromatic N) is 6. The van der Waals surface area contributed by atoms with Crippen LogP contribution in [0.1, 0.15) is 5.56 Å². The molecule has 0 N–H and O–H groups in total. The van der Waals surface area contributed by atoms with Crippen LogP contribution in [0.4, 0.5) is 0 Å². The molecule has 1 aromatic carbocycles. The summed E-state index contributed by atoms with van der Waals surface area (Å²) >= 11 is 5.76. The van der Waals surface area contributed by atoms with E-state index in [9.17, 15) is 0 Å². The summed E-state index contributed by atoms with van der Waals surface area (Å²) in [6.45, 7) is 2.02. The van der Waals surface area contributed by atoms with Gasteiger partial charge in [-0.05, 0) is 17.4 Å². The van der Waals surface area contributed by atoms with Crippen molar-refractivity contribution in [2.75, 3.05) is 0 Å². The van der Waals surface area contributed by atoms with Gasteiger partial charge in [-0.25, -0.2) is 9.97 Å². The van der Waals surface area contributed by atoms with E-state index in [0.29, 0.717) is 16.8 Å². The molecular formula is C12H9ClN6. The summed E-state index contributed by atoms with van der Waals surface area (Å²) in [5.74, 6) is 0.965. The Kier molecular flexibility index (Phi) is 2.92. The van der Waals surface area contributed by atoms with E-state index in [0.717, 1.165) is 5.56 Å². The molecular weight excluding hydrogens is 264 g/mol. The number of hydrogen-bond acceptors (Lipinski definition) is 5. The van der Waals surface area contributed by atoms with Crippen molar-refractivity contribution in [1.29, 1.82) is 0 Å². The molecule has 94 valence electrons. The minimum Gasteiger partial charge on any atom is -0.218 e. The van der Waals surface area contributed by atoms with Crippen molar-refractivity contribution in [3.63, 3.8) is 0 Å². The van der Waals surface area contributed by atoms with Gasteiger partial charge in [0.2, 0.25) is 0 Å². The van der Waals surface area contributed by atoms with Crippen molar-refractivity contribution < 1.29 is 0 Å². The van der Waals surface area contributed by atoms with Crippen LogP contribution in [0.25, 0.3) is 17.3 Å². The summed E-state index contributed by atoms with van der Waals surface area (Å²) in [6.07, 6.45) is 3.01. The highest BCUT2D eigenvalue weighted by Crippen LogP contribution is 2.18. The molecule has 2 aromatic heterocycles. The molecule has 0 saturated carbocycles. The Labute approximate surface area is 114 Å². The maximum absolute atomic E-state index is 5.76. The first-order chi connectivity index (χ1) is 9.24. The fourth-order valence-electron chi connectivity index (χ4n) is 1.62. The van der Waals surface area contributed by atoms with E-state index in [4.69, 9.17) is 11.6 Å². The molecule has 0 atom stereocenters. The molecule has 0 aliphatic heterocycles. The van der Waals surface area contributed by atoms with Crippen LogP contribution in [-0.2, 0) is 0 Å². The van der Waals surface area contributed by atoms with Gasteiger partial charge in [0.1, 0.15) is 0 Å². The smallest absolute Gasteiger partial charge is 0.218 e. The SMILES string of the molecule is Cc1ccc(-c2nnnn2-c2ncc(Cl)cn2)cc1.